The first kappa shape index (κ1) is 16.9. The SMILES string of the molecule is Cc1ccc(NC(=O)c2cnc(NCc3ccccc3)nc2)cc1Cl. The van der Waals surface area contributed by atoms with Gasteiger partial charge in [0.05, 0.1) is 5.56 Å². The number of amides is 1. The number of nitrogens with zero attached hydrogens (tertiary/aromatic N) is 2. The molecule has 0 saturated heterocycles. The van der Waals surface area contributed by atoms with E-state index in [4.69, 9.17) is 11.6 Å². The Balaban J connectivity index is 1.61. The van der Waals surface area contributed by atoms with Crippen molar-refractivity contribution in [1.29, 1.82) is 0 Å². The molecule has 25 heavy (non-hydrogen) atoms. The van der Waals surface area contributed by atoms with Crippen molar-refractivity contribution in [3.8, 4) is 0 Å². The molecule has 5 nitrogen and oxygen atoms in total. The molecule has 0 spiro atoms. The number of nitrogens with one attached hydrogen (secondary N) is 2. The predicted molar refractivity (Wildman–Crippen MR) is 99.9 cm³/mol. The van der Waals surface area contributed by atoms with Gasteiger partial charge >= 0.3 is 0 Å². The van der Waals surface area contributed by atoms with Crippen molar-refractivity contribution in [2.75, 3.05) is 10.6 Å². The number of hydrogen-bond donors (Lipinski definition) is 2. The first-order valence-corrected chi connectivity index (χ1v) is 8.17. The molecular formula is C19H17ClN4O. The number of halogens is 1. The second-order valence-electron chi connectivity index (χ2n) is 5.55. The molecule has 0 radical (unpaired) electrons. The largest absolute Gasteiger partial charge is 0.350 e. The van der Waals surface area contributed by atoms with Crippen molar-refractivity contribution in [1.82, 2.24) is 9.97 Å². The van der Waals surface area contributed by atoms with Crippen molar-refractivity contribution < 1.29 is 4.79 Å². The van der Waals surface area contributed by atoms with Crippen molar-refractivity contribution >= 4 is 29.1 Å². The van der Waals surface area contributed by atoms with E-state index < -0.39 is 0 Å². The molecule has 0 aliphatic carbocycles. The molecular weight excluding hydrogens is 336 g/mol. The summed E-state index contributed by atoms with van der Waals surface area (Å²) >= 11 is 6.07. The van der Waals surface area contributed by atoms with Gasteiger partial charge in [-0.2, -0.15) is 0 Å². The third-order valence-corrected chi connectivity index (χ3v) is 4.04. The number of rotatable bonds is 5. The fraction of sp³-hybridized carbons (Fsp3) is 0.105. The van der Waals surface area contributed by atoms with Gasteiger partial charge in [-0.25, -0.2) is 9.97 Å². The zero-order valence-corrected chi connectivity index (χ0v) is 14.4. The van der Waals surface area contributed by atoms with Crippen molar-refractivity contribution in [3.63, 3.8) is 0 Å². The summed E-state index contributed by atoms with van der Waals surface area (Å²) in [6, 6.07) is 15.3. The molecule has 0 aliphatic heterocycles. The molecule has 1 aromatic heterocycles. The second kappa shape index (κ2) is 7.77. The van der Waals surface area contributed by atoms with Crippen LogP contribution in [0.15, 0.2) is 60.9 Å². The van der Waals surface area contributed by atoms with Crippen LogP contribution in [0.25, 0.3) is 0 Å². The van der Waals surface area contributed by atoms with Crippen LogP contribution in [-0.4, -0.2) is 15.9 Å². The molecule has 2 aromatic carbocycles. The summed E-state index contributed by atoms with van der Waals surface area (Å²) in [5.74, 6) is 0.188. The Morgan fingerprint density at radius 3 is 2.48 bits per heavy atom. The van der Waals surface area contributed by atoms with Gasteiger partial charge in [0.15, 0.2) is 0 Å². The van der Waals surface area contributed by atoms with E-state index in [0.717, 1.165) is 11.1 Å². The highest BCUT2D eigenvalue weighted by molar-refractivity contribution is 6.31. The lowest BCUT2D eigenvalue weighted by atomic mass is 10.2. The lowest BCUT2D eigenvalue weighted by Crippen LogP contribution is -2.13. The maximum Gasteiger partial charge on any atom is 0.258 e. The number of hydrogen-bond acceptors (Lipinski definition) is 4. The summed E-state index contributed by atoms with van der Waals surface area (Å²) in [4.78, 5) is 20.6. The van der Waals surface area contributed by atoms with Crippen molar-refractivity contribution in [3.05, 3.63) is 82.6 Å². The Morgan fingerprint density at radius 2 is 1.80 bits per heavy atom. The molecule has 0 unspecified atom stereocenters. The van der Waals surface area contributed by atoms with E-state index >= 15 is 0 Å². The van der Waals surface area contributed by atoms with Gasteiger partial charge in [0.25, 0.3) is 5.91 Å². The number of aryl methyl sites for hydroxylation is 1. The summed E-state index contributed by atoms with van der Waals surface area (Å²) in [6.07, 6.45) is 2.98. The normalized spacial score (nSPS) is 10.3. The molecule has 0 bridgehead atoms. The second-order valence-corrected chi connectivity index (χ2v) is 5.96. The molecule has 0 aliphatic rings. The van der Waals surface area contributed by atoms with Gasteiger partial charge < -0.3 is 10.6 Å². The molecule has 6 heteroatoms. The average molecular weight is 353 g/mol. The zero-order chi connectivity index (χ0) is 17.6. The Labute approximate surface area is 151 Å². The monoisotopic (exact) mass is 352 g/mol. The Morgan fingerprint density at radius 1 is 1.08 bits per heavy atom. The highest BCUT2D eigenvalue weighted by Crippen LogP contribution is 2.20. The van der Waals surface area contributed by atoms with Crippen molar-refractivity contribution in [2.24, 2.45) is 0 Å². The molecule has 0 atom stereocenters. The van der Waals surface area contributed by atoms with E-state index in [1.807, 2.05) is 43.3 Å². The summed E-state index contributed by atoms with van der Waals surface area (Å²) in [5.41, 5.74) is 3.09. The quantitative estimate of drug-likeness (QED) is 0.718. The third kappa shape index (κ3) is 4.55. The fourth-order valence-corrected chi connectivity index (χ4v) is 2.37. The average Bonchev–Trinajstić information content (AvgIpc) is 2.64. The Hall–Kier alpha value is -2.92. The molecule has 2 N–H and O–H groups in total. The first-order valence-electron chi connectivity index (χ1n) is 7.79. The van der Waals surface area contributed by atoms with Crippen LogP contribution in [0.3, 0.4) is 0 Å². The molecule has 0 fully saturated rings. The zero-order valence-electron chi connectivity index (χ0n) is 13.7. The fourth-order valence-electron chi connectivity index (χ4n) is 2.19. The number of benzene rings is 2. The van der Waals surface area contributed by atoms with Crippen molar-refractivity contribution in [2.45, 2.75) is 13.5 Å². The predicted octanol–water partition coefficient (Wildman–Crippen LogP) is 4.30. The highest BCUT2D eigenvalue weighted by atomic mass is 35.5. The minimum atomic E-state index is -0.283. The van der Waals surface area contributed by atoms with Gasteiger partial charge in [-0.15, -0.1) is 0 Å². The number of carbonyl (C=O) groups is 1. The Bertz CT molecular complexity index is 866. The van der Waals surface area contributed by atoms with E-state index in [1.54, 1.807) is 12.1 Å². The van der Waals surface area contributed by atoms with E-state index in [0.29, 0.717) is 28.8 Å². The lowest BCUT2D eigenvalue weighted by molar-refractivity contribution is 0.102. The topological polar surface area (TPSA) is 66.9 Å². The van der Waals surface area contributed by atoms with Crippen LogP contribution in [0.1, 0.15) is 21.5 Å². The number of carbonyl (C=O) groups excluding carboxylic acids is 1. The summed E-state index contributed by atoms with van der Waals surface area (Å²) in [5, 5.41) is 6.50. The molecule has 3 rings (SSSR count). The van der Waals surface area contributed by atoms with Gasteiger partial charge in [-0.05, 0) is 30.2 Å². The standard InChI is InChI=1S/C19H17ClN4O/c1-13-7-8-16(9-17(13)20)24-18(25)15-11-22-19(23-12-15)21-10-14-5-3-2-4-6-14/h2-9,11-12H,10H2,1H3,(H,24,25)(H,21,22,23). The number of aromatic nitrogens is 2. The van der Waals surface area contributed by atoms with Crippen LogP contribution < -0.4 is 10.6 Å². The van der Waals surface area contributed by atoms with Crippen LogP contribution in [0, 0.1) is 6.92 Å². The number of anilines is 2. The highest BCUT2D eigenvalue weighted by Gasteiger charge is 2.08. The van der Waals surface area contributed by atoms with Gasteiger partial charge in [0.1, 0.15) is 0 Å². The maximum absolute atomic E-state index is 12.2. The van der Waals surface area contributed by atoms with Gasteiger partial charge in [-0.3, -0.25) is 4.79 Å². The van der Waals surface area contributed by atoms with Crippen LogP contribution in [0.4, 0.5) is 11.6 Å². The molecule has 0 saturated carbocycles. The van der Waals surface area contributed by atoms with Gasteiger partial charge in [0, 0.05) is 29.6 Å². The van der Waals surface area contributed by atoms with Crippen LogP contribution in [0.5, 0.6) is 0 Å². The summed E-state index contributed by atoms with van der Waals surface area (Å²) in [6.45, 7) is 2.52. The third-order valence-electron chi connectivity index (χ3n) is 3.64. The summed E-state index contributed by atoms with van der Waals surface area (Å²) < 4.78 is 0. The van der Waals surface area contributed by atoms with E-state index in [9.17, 15) is 4.79 Å². The molecule has 1 heterocycles. The minimum absolute atomic E-state index is 0.283. The van der Waals surface area contributed by atoms with Crippen LogP contribution in [0.2, 0.25) is 5.02 Å². The Kier molecular flexibility index (Phi) is 5.26. The maximum atomic E-state index is 12.2. The minimum Gasteiger partial charge on any atom is -0.350 e. The summed E-state index contributed by atoms with van der Waals surface area (Å²) in [7, 11) is 0. The smallest absolute Gasteiger partial charge is 0.258 e. The van der Waals surface area contributed by atoms with E-state index in [1.165, 1.54) is 12.4 Å². The lowest BCUT2D eigenvalue weighted by Gasteiger charge is -2.08. The van der Waals surface area contributed by atoms with Crippen LogP contribution >= 0.6 is 11.6 Å². The van der Waals surface area contributed by atoms with Crippen LogP contribution in [-0.2, 0) is 6.54 Å². The first-order chi connectivity index (χ1) is 12.1. The molecule has 1 amide bonds. The van der Waals surface area contributed by atoms with Gasteiger partial charge in [0.2, 0.25) is 5.95 Å². The van der Waals surface area contributed by atoms with Gasteiger partial charge in [-0.1, -0.05) is 48.0 Å². The molecule has 126 valence electrons. The van der Waals surface area contributed by atoms with E-state index in [-0.39, 0.29) is 5.91 Å². The molecule has 3 aromatic rings. The van der Waals surface area contributed by atoms with E-state index in [2.05, 4.69) is 20.6 Å².